The van der Waals surface area contributed by atoms with Gasteiger partial charge in [0.1, 0.15) is 0 Å². The Morgan fingerprint density at radius 1 is 1.38 bits per heavy atom. The molecule has 0 aliphatic heterocycles. The van der Waals surface area contributed by atoms with Crippen molar-refractivity contribution in [2.24, 2.45) is 11.1 Å². The van der Waals surface area contributed by atoms with Gasteiger partial charge in [-0.25, -0.2) is 9.97 Å². The van der Waals surface area contributed by atoms with Crippen molar-refractivity contribution in [2.75, 3.05) is 11.9 Å². The quantitative estimate of drug-likeness (QED) is 0.892. The first-order valence-electron chi connectivity index (χ1n) is 5.34. The predicted octanol–water partition coefficient (Wildman–Crippen LogP) is 2.41. The number of hydrogen-bond donors (Lipinski definition) is 2. The summed E-state index contributed by atoms with van der Waals surface area (Å²) in [6, 6.07) is 0.118. The van der Waals surface area contributed by atoms with Crippen LogP contribution in [0.5, 0.6) is 0 Å². The number of halogens is 1. The Balaban J connectivity index is 2.37. The summed E-state index contributed by atoms with van der Waals surface area (Å²) in [6.07, 6.45) is 4.39. The highest BCUT2D eigenvalue weighted by atomic mass is 79.9. The second-order valence-electron chi connectivity index (χ2n) is 5.13. The van der Waals surface area contributed by atoms with Gasteiger partial charge in [0.15, 0.2) is 0 Å². The maximum atomic E-state index is 6.01. The normalized spacial score (nSPS) is 13.6. The van der Waals surface area contributed by atoms with Crippen molar-refractivity contribution in [3.63, 3.8) is 0 Å². The zero-order valence-electron chi connectivity index (χ0n) is 10.00. The summed E-state index contributed by atoms with van der Waals surface area (Å²) in [4.78, 5) is 8.24. The first kappa shape index (κ1) is 13.4. The van der Waals surface area contributed by atoms with Crippen molar-refractivity contribution < 1.29 is 0 Å². The van der Waals surface area contributed by atoms with Gasteiger partial charge in [-0.15, -0.1) is 0 Å². The third kappa shape index (κ3) is 5.42. The van der Waals surface area contributed by atoms with Crippen molar-refractivity contribution in [2.45, 2.75) is 33.2 Å². The molecule has 0 spiro atoms. The van der Waals surface area contributed by atoms with E-state index in [1.165, 1.54) is 0 Å². The fourth-order valence-electron chi connectivity index (χ4n) is 1.48. The molecule has 1 aromatic rings. The molecule has 0 aromatic carbocycles. The highest BCUT2D eigenvalue weighted by Crippen LogP contribution is 2.19. The van der Waals surface area contributed by atoms with E-state index in [0.717, 1.165) is 10.9 Å². The molecule has 1 unspecified atom stereocenters. The smallest absolute Gasteiger partial charge is 0.222 e. The monoisotopic (exact) mass is 286 g/mol. The van der Waals surface area contributed by atoms with E-state index >= 15 is 0 Å². The molecular weight excluding hydrogens is 268 g/mol. The van der Waals surface area contributed by atoms with Crippen molar-refractivity contribution in [1.29, 1.82) is 0 Å². The van der Waals surface area contributed by atoms with Crippen LogP contribution in [0.4, 0.5) is 5.95 Å². The zero-order chi connectivity index (χ0) is 12.2. The van der Waals surface area contributed by atoms with E-state index in [9.17, 15) is 0 Å². The van der Waals surface area contributed by atoms with Crippen LogP contribution in [-0.4, -0.2) is 22.6 Å². The largest absolute Gasteiger partial charge is 0.353 e. The minimum atomic E-state index is 0.118. The molecule has 0 saturated carbocycles. The predicted molar refractivity (Wildman–Crippen MR) is 70.3 cm³/mol. The highest BCUT2D eigenvalue weighted by molar-refractivity contribution is 9.10. The van der Waals surface area contributed by atoms with Crippen LogP contribution in [0.2, 0.25) is 0 Å². The lowest BCUT2D eigenvalue weighted by Gasteiger charge is -2.23. The molecule has 0 amide bonds. The van der Waals surface area contributed by atoms with Crippen molar-refractivity contribution >= 4 is 21.9 Å². The fourth-order valence-corrected chi connectivity index (χ4v) is 1.69. The maximum absolute atomic E-state index is 6.01. The Morgan fingerprint density at radius 3 is 2.44 bits per heavy atom. The topological polar surface area (TPSA) is 63.8 Å². The zero-order valence-corrected chi connectivity index (χ0v) is 11.6. The van der Waals surface area contributed by atoms with Gasteiger partial charge in [-0.2, -0.15) is 0 Å². The van der Waals surface area contributed by atoms with Gasteiger partial charge in [0.05, 0.1) is 4.47 Å². The van der Waals surface area contributed by atoms with E-state index in [1.54, 1.807) is 12.4 Å². The van der Waals surface area contributed by atoms with E-state index in [1.807, 2.05) is 0 Å². The van der Waals surface area contributed by atoms with E-state index in [4.69, 9.17) is 5.73 Å². The standard InChI is InChI=1S/C11H19BrN4/c1-11(2,3)4-9(13)7-16-10-14-5-8(12)6-15-10/h5-6,9H,4,7,13H2,1-3H3,(H,14,15,16). The summed E-state index contributed by atoms with van der Waals surface area (Å²) in [6.45, 7) is 7.24. The summed E-state index contributed by atoms with van der Waals surface area (Å²) in [7, 11) is 0. The highest BCUT2D eigenvalue weighted by Gasteiger charge is 2.15. The Bertz CT molecular complexity index is 318. The Labute approximate surface area is 105 Å². The van der Waals surface area contributed by atoms with Gasteiger partial charge in [-0.05, 0) is 27.8 Å². The number of nitrogens with zero attached hydrogens (tertiary/aromatic N) is 2. The molecule has 1 rings (SSSR count). The van der Waals surface area contributed by atoms with Crippen LogP contribution in [-0.2, 0) is 0 Å². The van der Waals surface area contributed by atoms with Gasteiger partial charge < -0.3 is 11.1 Å². The van der Waals surface area contributed by atoms with Crippen LogP contribution in [0.15, 0.2) is 16.9 Å². The van der Waals surface area contributed by atoms with Crippen LogP contribution >= 0.6 is 15.9 Å². The third-order valence-electron chi connectivity index (χ3n) is 2.02. The molecule has 4 nitrogen and oxygen atoms in total. The molecule has 0 saturated heterocycles. The Hall–Kier alpha value is -0.680. The minimum Gasteiger partial charge on any atom is -0.353 e. The number of hydrogen-bond acceptors (Lipinski definition) is 4. The van der Waals surface area contributed by atoms with E-state index in [0.29, 0.717) is 12.5 Å². The minimum absolute atomic E-state index is 0.118. The first-order chi connectivity index (χ1) is 7.37. The lowest BCUT2D eigenvalue weighted by molar-refractivity contribution is 0.344. The molecule has 0 aliphatic rings. The van der Waals surface area contributed by atoms with Crippen molar-refractivity contribution in [3.8, 4) is 0 Å². The van der Waals surface area contributed by atoms with E-state index in [-0.39, 0.29) is 11.5 Å². The average molecular weight is 287 g/mol. The molecule has 0 fully saturated rings. The van der Waals surface area contributed by atoms with Crippen LogP contribution in [0.3, 0.4) is 0 Å². The fraction of sp³-hybridized carbons (Fsp3) is 0.636. The third-order valence-corrected chi connectivity index (χ3v) is 2.43. The van der Waals surface area contributed by atoms with Gasteiger partial charge in [-0.1, -0.05) is 20.8 Å². The molecule has 5 heteroatoms. The SMILES string of the molecule is CC(C)(C)CC(N)CNc1ncc(Br)cn1. The van der Waals surface area contributed by atoms with Crippen LogP contribution < -0.4 is 11.1 Å². The van der Waals surface area contributed by atoms with Gasteiger partial charge in [0, 0.05) is 25.0 Å². The molecular formula is C11H19BrN4. The van der Waals surface area contributed by atoms with Gasteiger partial charge in [0.2, 0.25) is 5.95 Å². The number of aromatic nitrogens is 2. The lowest BCUT2D eigenvalue weighted by atomic mass is 9.88. The van der Waals surface area contributed by atoms with Crippen LogP contribution in [0.25, 0.3) is 0 Å². The molecule has 90 valence electrons. The first-order valence-corrected chi connectivity index (χ1v) is 6.13. The summed E-state index contributed by atoms with van der Waals surface area (Å²) < 4.78 is 0.872. The second kappa shape index (κ2) is 5.59. The van der Waals surface area contributed by atoms with E-state index < -0.39 is 0 Å². The summed E-state index contributed by atoms with van der Waals surface area (Å²) >= 11 is 3.29. The number of anilines is 1. The van der Waals surface area contributed by atoms with Crippen molar-refractivity contribution in [1.82, 2.24) is 9.97 Å². The molecule has 0 bridgehead atoms. The second-order valence-corrected chi connectivity index (χ2v) is 6.05. The number of rotatable bonds is 4. The lowest BCUT2D eigenvalue weighted by Crippen LogP contribution is -2.33. The Kier molecular flexibility index (Phi) is 4.68. The summed E-state index contributed by atoms with van der Waals surface area (Å²) in [5, 5.41) is 3.13. The molecule has 3 N–H and O–H groups in total. The summed E-state index contributed by atoms with van der Waals surface area (Å²) in [5.74, 6) is 0.618. The molecule has 1 atom stereocenters. The number of nitrogens with two attached hydrogens (primary N) is 1. The molecule has 0 aliphatic carbocycles. The molecule has 16 heavy (non-hydrogen) atoms. The van der Waals surface area contributed by atoms with E-state index in [2.05, 4.69) is 52.0 Å². The van der Waals surface area contributed by atoms with Crippen molar-refractivity contribution in [3.05, 3.63) is 16.9 Å². The maximum Gasteiger partial charge on any atom is 0.222 e. The van der Waals surface area contributed by atoms with Crippen LogP contribution in [0, 0.1) is 5.41 Å². The molecule has 1 aromatic heterocycles. The van der Waals surface area contributed by atoms with Gasteiger partial charge >= 0.3 is 0 Å². The van der Waals surface area contributed by atoms with Gasteiger partial charge in [-0.3, -0.25) is 0 Å². The van der Waals surface area contributed by atoms with Crippen LogP contribution in [0.1, 0.15) is 27.2 Å². The average Bonchev–Trinajstić information content (AvgIpc) is 2.14. The summed E-state index contributed by atoms with van der Waals surface area (Å²) in [5.41, 5.74) is 6.26. The molecule has 0 radical (unpaired) electrons. The molecule has 1 heterocycles. The van der Waals surface area contributed by atoms with Gasteiger partial charge in [0.25, 0.3) is 0 Å². The number of nitrogens with one attached hydrogen (secondary N) is 1. The Morgan fingerprint density at radius 2 is 1.94 bits per heavy atom.